The van der Waals surface area contributed by atoms with Crippen molar-refractivity contribution < 1.29 is 5.11 Å². The molecule has 1 fully saturated rings. The highest BCUT2D eigenvalue weighted by Crippen LogP contribution is 2.21. The number of aliphatic hydroxyl groups excluding tert-OH is 1. The lowest BCUT2D eigenvalue weighted by Gasteiger charge is -2.20. The number of aliphatic hydroxyl groups is 1. The Hall–Kier alpha value is -1.16. The standard InChI is InChI=1S/C9H13N3O/c1-7-5-8(13)6-12(7)9-10-3-2-4-11-9/h2-4,7-8,13H,5-6H2,1H3. The zero-order chi connectivity index (χ0) is 9.26. The Morgan fingerprint density at radius 2 is 2.15 bits per heavy atom. The lowest BCUT2D eigenvalue weighted by molar-refractivity contribution is 0.195. The number of aromatic nitrogens is 2. The largest absolute Gasteiger partial charge is 0.391 e. The first kappa shape index (κ1) is 8.44. The van der Waals surface area contributed by atoms with E-state index in [-0.39, 0.29) is 6.10 Å². The molecule has 0 aromatic carbocycles. The maximum absolute atomic E-state index is 9.43. The molecule has 0 spiro atoms. The van der Waals surface area contributed by atoms with Crippen molar-refractivity contribution in [2.24, 2.45) is 0 Å². The highest BCUT2D eigenvalue weighted by Gasteiger charge is 2.28. The van der Waals surface area contributed by atoms with Crippen LogP contribution in [0.25, 0.3) is 0 Å². The van der Waals surface area contributed by atoms with Crippen molar-refractivity contribution in [3.63, 3.8) is 0 Å². The van der Waals surface area contributed by atoms with Crippen LogP contribution in [0.1, 0.15) is 13.3 Å². The van der Waals surface area contributed by atoms with Gasteiger partial charge in [0.15, 0.2) is 0 Å². The van der Waals surface area contributed by atoms with Gasteiger partial charge in [0.2, 0.25) is 5.95 Å². The quantitative estimate of drug-likeness (QED) is 0.679. The normalized spacial score (nSPS) is 28.0. The van der Waals surface area contributed by atoms with Crippen LogP contribution in [0.4, 0.5) is 5.95 Å². The number of β-amino-alcohol motifs (C(OH)–C–C–N with tert-alkyl or cyclic N) is 1. The SMILES string of the molecule is CC1CC(O)CN1c1ncccn1. The second-order valence-electron chi connectivity index (χ2n) is 3.44. The summed E-state index contributed by atoms with van der Waals surface area (Å²) in [5, 5.41) is 9.43. The summed E-state index contributed by atoms with van der Waals surface area (Å²) in [4.78, 5) is 10.3. The predicted octanol–water partition coefficient (Wildman–Crippen LogP) is 0.436. The molecule has 1 saturated heterocycles. The lowest BCUT2D eigenvalue weighted by atomic mass is 10.2. The third-order valence-corrected chi connectivity index (χ3v) is 2.36. The Morgan fingerprint density at radius 3 is 2.69 bits per heavy atom. The molecule has 1 aromatic rings. The van der Waals surface area contributed by atoms with Crippen LogP contribution in [-0.2, 0) is 0 Å². The van der Waals surface area contributed by atoms with Gasteiger partial charge in [-0.2, -0.15) is 0 Å². The van der Waals surface area contributed by atoms with E-state index in [0.717, 1.165) is 6.42 Å². The average molecular weight is 179 g/mol. The third kappa shape index (κ3) is 1.62. The Morgan fingerprint density at radius 1 is 1.46 bits per heavy atom. The third-order valence-electron chi connectivity index (χ3n) is 2.36. The summed E-state index contributed by atoms with van der Waals surface area (Å²) in [6, 6.07) is 2.12. The summed E-state index contributed by atoms with van der Waals surface area (Å²) >= 11 is 0. The van der Waals surface area contributed by atoms with Gasteiger partial charge in [0.05, 0.1) is 6.10 Å². The summed E-state index contributed by atoms with van der Waals surface area (Å²) in [5.41, 5.74) is 0. The van der Waals surface area contributed by atoms with Crippen molar-refractivity contribution in [3.05, 3.63) is 18.5 Å². The summed E-state index contributed by atoms with van der Waals surface area (Å²) in [6.45, 7) is 2.72. The van der Waals surface area contributed by atoms with Crippen LogP contribution in [-0.4, -0.2) is 33.8 Å². The van der Waals surface area contributed by atoms with Crippen LogP contribution >= 0.6 is 0 Å². The maximum atomic E-state index is 9.43. The second-order valence-corrected chi connectivity index (χ2v) is 3.44. The van der Waals surface area contributed by atoms with E-state index in [4.69, 9.17) is 0 Å². The molecule has 2 unspecified atom stereocenters. The van der Waals surface area contributed by atoms with Gasteiger partial charge in [-0.15, -0.1) is 0 Å². The average Bonchev–Trinajstić information content (AvgIpc) is 2.47. The van der Waals surface area contributed by atoms with E-state index in [2.05, 4.69) is 16.9 Å². The van der Waals surface area contributed by atoms with Crippen molar-refractivity contribution in [1.29, 1.82) is 0 Å². The minimum absolute atomic E-state index is 0.237. The topological polar surface area (TPSA) is 49.2 Å². The molecular weight excluding hydrogens is 166 g/mol. The van der Waals surface area contributed by atoms with Crippen molar-refractivity contribution in [1.82, 2.24) is 9.97 Å². The van der Waals surface area contributed by atoms with E-state index >= 15 is 0 Å². The van der Waals surface area contributed by atoms with Gasteiger partial charge in [0, 0.05) is 25.0 Å². The highest BCUT2D eigenvalue weighted by atomic mass is 16.3. The molecule has 0 aliphatic carbocycles. The monoisotopic (exact) mass is 179 g/mol. The molecule has 1 aliphatic heterocycles. The van der Waals surface area contributed by atoms with E-state index in [1.807, 2.05) is 4.90 Å². The Labute approximate surface area is 77.2 Å². The summed E-state index contributed by atoms with van der Waals surface area (Å²) in [7, 11) is 0. The summed E-state index contributed by atoms with van der Waals surface area (Å²) in [6.07, 6.45) is 4.01. The Kier molecular flexibility index (Phi) is 2.14. The van der Waals surface area contributed by atoms with E-state index in [1.165, 1.54) is 0 Å². The molecule has 70 valence electrons. The fraction of sp³-hybridized carbons (Fsp3) is 0.556. The molecule has 1 N–H and O–H groups in total. The number of hydrogen-bond acceptors (Lipinski definition) is 4. The van der Waals surface area contributed by atoms with E-state index in [1.54, 1.807) is 18.5 Å². The van der Waals surface area contributed by atoms with Gasteiger partial charge in [0.25, 0.3) is 0 Å². The lowest BCUT2D eigenvalue weighted by Crippen LogP contribution is -2.28. The fourth-order valence-corrected chi connectivity index (χ4v) is 1.72. The van der Waals surface area contributed by atoms with Crippen LogP contribution in [0.3, 0.4) is 0 Å². The molecule has 1 aliphatic rings. The molecule has 2 heterocycles. The molecule has 2 rings (SSSR count). The first-order valence-corrected chi connectivity index (χ1v) is 4.49. The smallest absolute Gasteiger partial charge is 0.225 e. The first-order chi connectivity index (χ1) is 6.27. The van der Waals surface area contributed by atoms with Crippen LogP contribution in [0, 0.1) is 0 Å². The first-order valence-electron chi connectivity index (χ1n) is 4.49. The molecule has 1 aromatic heterocycles. The van der Waals surface area contributed by atoms with Crippen molar-refractivity contribution >= 4 is 5.95 Å². The van der Waals surface area contributed by atoms with Gasteiger partial charge >= 0.3 is 0 Å². The minimum atomic E-state index is -0.237. The van der Waals surface area contributed by atoms with Crippen LogP contribution < -0.4 is 4.90 Å². The number of rotatable bonds is 1. The van der Waals surface area contributed by atoms with Gasteiger partial charge in [0.1, 0.15) is 0 Å². The molecule has 4 heteroatoms. The minimum Gasteiger partial charge on any atom is -0.391 e. The van der Waals surface area contributed by atoms with Crippen molar-refractivity contribution in [3.8, 4) is 0 Å². The van der Waals surface area contributed by atoms with E-state index < -0.39 is 0 Å². The van der Waals surface area contributed by atoms with Crippen LogP contribution in [0.5, 0.6) is 0 Å². The molecule has 0 radical (unpaired) electrons. The molecule has 0 saturated carbocycles. The zero-order valence-electron chi connectivity index (χ0n) is 7.59. The van der Waals surface area contributed by atoms with E-state index in [9.17, 15) is 5.11 Å². The van der Waals surface area contributed by atoms with Crippen molar-refractivity contribution in [2.75, 3.05) is 11.4 Å². The predicted molar refractivity (Wildman–Crippen MR) is 49.5 cm³/mol. The van der Waals surface area contributed by atoms with E-state index in [0.29, 0.717) is 18.5 Å². The second kappa shape index (κ2) is 3.30. The van der Waals surface area contributed by atoms with Crippen LogP contribution in [0.15, 0.2) is 18.5 Å². The van der Waals surface area contributed by atoms with Gasteiger partial charge in [-0.1, -0.05) is 0 Å². The van der Waals surface area contributed by atoms with Crippen LogP contribution in [0.2, 0.25) is 0 Å². The van der Waals surface area contributed by atoms with Gasteiger partial charge in [-0.3, -0.25) is 0 Å². The molecule has 0 bridgehead atoms. The number of nitrogens with zero attached hydrogens (tertiary/aromatic N) is 3. The van der Waals surface area contributed by atoms with Crippen molar-refractivity contribution in [2.45, 2.75) is 25.5 Å². The fourth-order valence-electron chi connectivity index (χ4n) is 1.72. The summed E-state index contributed by atoms with van der Waals surface area (Å²) in [5.74, 6) is 0.714. The molecule has 2 atom stereocenters. The van der Waals surface area contributed by atoms with Gasteiger partial charge in [-0.05, 0) is 19.4 Å². The molecular formula is C9H13N3O. The van der Waals surface area contributed by atoms with Gasteiger partial charge < -0.3 is 10.0 Å². The zero-order valence-corrected chi connectivity index (χ0v) is 7.59. The highest BCUT2D eigenvalue weighted by molar-refractivity contribution is 5.32. The molecule has 13 heavy (non-hydrogen) atoms. The number of hydrogen-bond donors (Lipinski definition) is 1. The Bertz CT molecular complexity index is 277. The molecule has 4 nitrogen and oxygen atoms in total. The summed E-state index contributed by atoms with van der Waals surface area (Å²) < 4.78 is 0. The number of anilines is 1. The van der Waals surface area contributed by atoms with Gasteiger partial charge in [-0.25, -0.2) is 9.97 Å². The maximum Gasteiger partial charge on any atom is 0.225 e. The Balaban J connectivity index is 2.18. The molecule has 0 amide bonds.